The van der Waals surface area contributed by atoms with Crippen LogP contribution in [0.3, 0.4) is 0 Å². The lowest BCUT2D eigenvalue weighted by Crippen LogP contribution is -2.23. The number of aromatic nitrogens is 2. The number of likely N-dealkylation sites (N-methyl/N-ethyl adjacent to an activating group) is 1. The van der Waals surface area contributed by atoms with Crippen molar-refractivity contribution in [2.45, 2.75) is 6.54 Å². The van der Waals surface area contributed by atoms with E-state index in [0.29, 0.717) is 19.8 Å². The van der Waals surface area contributed by atoms with Crippen molar-refractivity contribution in [3.8, 4) is 0 Å². The van der Waals surface area contributed by atoms with Crippen LogP contribution >= 0.6 is 11.5 Å². The van der Waals surface area contributed by atoms with Crippen LogP contribution in [-0.2, 0) is 11.3 Å². The summed E-state index contributed by atoms with van der Waals surface area (Å²) in [6.45, 7) is 1.77. The van der Waals surface area contributed by atoms with Crippen molar-refractivity contribution in [2.75, 3.05) is 39.3 Å². The Kier molecular flexibility index (Phi) is 3.06. The molecule has 6 nitrogen and oxygen atoms in total. The molecule has 1 aromatic rings. The summed E-state index contributed by atoms with van der Waals surface area (Å²) in [5.74, 6) is 0.944. The van der Waals surface area contributed by atoms with Crippen molar-refractivity contribution in [3.05, 3.63) is 5.82 Å². The Bertz CT molecular complexity index is 391. The van der Waals surface area contributed by atoms with E-state index in [9.17, 15) is 4.79 Å². The number of hydrogen-bond donors (Lipinski definition) is 0. The highest BCUT2D eigenvalue weighted by Gasteiger charge is 2.25. The fourth-order valence-electron chi connectivity index (χ4n) is 1.54. The van der Waals surface area contributed by atoms with Crippen molar-refractivity contribution in [2.24, 2.45) is 0 Å². The van der Waals surface area contributed by atoms with E-state index in [1.165, 1.54) is 11.5 Å². The van der Waals surface area contributed by atoms with Crippen LogP contribution in [0.15, 0.2) is 0 Å². The van der Waals surface area contributed by atoms with Gasteiger partial charge in [-0.05, 0) is 0 Å². The first-order valence-corrected chi connectivity index (χ1v) is 5.80. The van der Waals surface area contributed by atoms with Gasteiger partial charge in [-0.15, -0.1) is 0 Å². The van der Waals surface area contributed by atoms with Crippen LogP contribution in [0, 0.1) is 0 Å². The fourth-order valence-corrected chi connectivity index (χ4v) is 2.13. The monoisotopic (exact) mass is 241 g/mol. The van der Waals surface area contributed by atoms with E-state index in [1.54, 1.807) is 4.90 Å². The predicted molar refractivity (Wildman–Crippen MR) is 62.3 cm³/mol. The summed E-state index contributed by atoms with van der Waals surface area (Å²) in [5.41, 5.74) is 0. The Morgan fingerprint density at radius 1 is 1.50 bits per heavy atom. The van der Waals surface area contributed by atoms with Gasteiger partial charge in [0.2, 0.25) is 11.0 Å². The van der Waals surface area contributed by atoms with Crippen LogP contribution in [0.5, 0.6) is 0 Å². The molecule has 0 saturated carbocycles. The number of rotatable bonds is 3. The highest BCUT2D eigenvalue weighted by Crippen LogP contribution is 2.16. The van der Waals surface area contributed by atoms with Gasteiger partial charge in [0.15, 0.2) is 5.82 Å². The Balaban J connectivity index is 1.97. The summed E-state index contributed by atoms with van der Waals surface area (Å²) in [4.78, 5) is 21.4. The molecule has 1 aliphatic rings. The highest BCUT2D eigenvalue weighted by atomic mass is 32.1. The molecule has 1 fully saturated rings. The summed E-state index contributed by atoms with van der Waals surface area (Å²) in [6.07, 6.45) is 0. The summed E-state index contributed by atoms with van der Waals surface area (Å²) in [5, 5.41) is 0.897. The molecule has 7 heteroatoms. The topological polar surface area (TPSA) is 52.6 Å². The number of nitrogens with zero attached hydrogens (tertiary/aromatic N) is 5. The molecule has 1 aliphatic heterocycles. The normalized spacial score (nSPS) is 17.2. The van der Waals surface area contributed by atoms with Gasteiger partial charge in [-0.2, -0.15) is 4.37 Å². The van der Waals surface area contributed by atoms with E-state index >= 15 is 0 Å². The largest absolute Gasteiger partial charge is 0.353 e. The average molecular weight is 241 g/mol. The van der Waals surface area contributed by atoms with Gasteiger partial charge in [0.05, 0.1) is 19.8 Å². The van der Waals surface area contributed by atoms with Gasteiger partial charge in [0.1, 0.15) is 0 Å². The molecule has 2 heterocycles. The first-order valence-electron chi connectivity index (χ1n) is 5.02. The molecule has 0 atom stereocenters. The first kappa shape index (κ1) is 11.3. The standard InChI is InChI=1S/C9H15N5OS/c1-12(2)9-10-7(11-16-9)4-14-5-8(15)13(3)6-14/h4-6H2,1-3H3. The van der Waals surface area contributed by atoms with Crippen molar-refractivity contribution < 1.29 is 4.79 Å². The van der Waals surface area contributed by atoms with E-state index in [0.717, 1.165) is 11.0 Å². The third kappa shape index (κ3) is 2.30. The molecule has 2 rings (SSSR count). The van der Waals surface area contributed by atoms with E-state index in [1.807, 2.05) is 30.9 Å². The number of hydrogen-bond acceptors (Lipinski definition) is 6. The highest BCUT2D eigenvalue weighted by molar-refractivity contribution is 7.09. The Labute approximate surface area is 98.6 Å². The second-order valence-electron chi connectivity index (χ2n) is 4.11. The van der Waals surface area contributed by atoms with Gasteiger partial charge >= 0.3 is 0 Å². The molecule has 0 N–H and O–H groups in total. The minimum atomic E-state index is 0.156. The van der Waals surface area contributed by atoms with Crippen LogP contribution in [-0.4, -0.2) is 59.4 Å². The average Bonchev–Trinajstić information content (AvgIpc) is 2.76. The number of anilines is 1. The number of carbonyl (C=O) groups excluding carboxylic acids is 1. The van der Waals surface area contributed by atoms with Gasteiger partial charge < -0.3 is 9.80 Å². The summed E-state index contributed by atoms with van der Waals surface area (Å²) >= 11 is 1.38. The molecule has 16 heavy (non-hydrogen) atoms. The third-order valence-electron chi connectivity index (χ3n) is 2.40. The lowest BCUT2D eigenvalue weighted by molar-refractivity contribution is -0.125. The summed E-state index contributed by atoms with van der Waals surface area (Å²) in [6, 6.07) is 0. The lowest BCUT2D eigenvalue weighted by atomic mass is 10.5. The second-order valence-corrected chi connectivity index (χ2v) is 4.84. The Morgan fingerprint density at radius 2 is 2.25 bits per heavy atom. The molecule has 0 spiro atoms. The van der Waals surface area contributed by atoms with Gasteiger partial charge in [-0.25, -0.2) is 4.98 Å². The predicted octanol–water partition coefficient (Wildman–Crippen LogP) is -0.164. The van der Waals surface area contributed by atoms with Gasteiger partial charge in [0.25, 0.3) is 0 Å². The smallest absolute Gasteiger partial charge is 0.237 e. The van der Waals surface area contributed by atoms with Crippen molar-refractivity contribution >= 4 is 22.6 Å². The van der Waals surface area contributed by atoms with Crippen LogP contribution in [0.4, 0.5) is 5.13 Å². The molecule has 0 radical (unpaired) electrons. The summed E-state index contributed by atoms with van der Waals surface area (Å²) < 4.78 is 4.27. The maximum Gasteiger partial charge on any atom is 0.237 e. The van der Waals surface area contributed by atoms with Crippen LogP contribution < -0.4 is 4.90 Å². The SMILES string of the molecule is CN1CN(Cc2nsc(N(C)C)n2)CC1=O. The molecule has 88 valence electrons. The fraction of sp³-hybridized carbons (Fsp3) is 0.667. The number of carbonyl (C=O) groups is 1. The Hall–Kier alpha value is -1.21. The maximum atomic E-state index is 11.3. The Morgan fingerprint density at radius 3 is 2.75 bits per heavy atom. The molecule has 0 unspecified atom stereocenters. The quantitative estimate of drug-likeness (QED) is 0.736. The van der Waals surface area contributed by atoms with E-state index in [-0.39, 0.29) is 5.91 Å². The second kappa shape index (κ2) is 4.34. The van der Waals surface area contributed by atoms with Gasteiger partial charge in [0, 0.05) is 32.7 Å². The zero-order valence-corrected chi connectivity index (χ0v) is 10.5. The van der Waals surface area contributed by atoms with Crippen molar-refractivity contribution in [3.63, 3.8) is 0 Å². The molecular formula is C9H15N5OS. The zero-order valence-electron chi connectivity index (χ0n) is 9.67. The van der Waals surface area contributed by atoms with Crippen molar-refractivity contribution in [1.82, 2.24) is 19.2 Å². The molecule has 0 aromatic carbocycles. The van der Waals surface area contributed by atoms with Gasteiger partial charge in [-0.1, -0.05) is 0 Å². The molecule has 0 aliphatic carbocycles. The molecule has 1 saturated heterocycles. The zero-order chi connectivity index (χ0) is 11.7. The lowest BCUT2D eigenvalue weighted by Gasteiger charge is -2.11. The molecular weight excluding hydrogens is 226 g/mol. The minimum Gasteiger partial charge on any atom is -0.353 e. The minimum absolute atomic E-state index is 0.156. The third-order valence-corrected chi connectivity index (χ3v) is 3.32. The molecule has 0 bridgehead atoms. The van der Waals surface area contributed by atoms with E-state index < -0.39 is 0 Å². The van der Waals surface area contributed by atoms with Crippen molar-refractivity contribution in [1.29, 1.82) is 0 Å². The number of amides is 1. The van der Waals surface area contributed by atoms with Crippen LogP contribution in [0.1, 0.15) is 5.82 Å². The molecule has 1 amide bonds. The van der Waals surface area contributed by atoms with Gasteiger partial charge in [-0.3, -0.25) is 9.69 Å². The summed E-state index contributed by atoms with van der Waals surface area (Å²) in [7, 11) is 5.69. The van der Waals surface area contributed by atoms with E-state index in [4.69, 9.17) is 0 Å². The maximum absolute atomic E-state index is 11.3. The van der Waals surface area contributed by atoms with E-state index in [2.05, 4.69) is 9.36 Å². The van der Waals surface area contributed by atoms with Crippen LogP contribution in [0.25, 0.3) is 0 Å². The van der Waals surface area contributed by atoms with Crippen LogP contribution in [0.2, 0.25) is 0 Å². The first-order chi connectivity index (χ1) is 7.56. The molecule has 1 aromatic heterocycles.